The first-order chi connectivity index (χ1) is 53.0. The van der Waals surface area contributed by atoms with Crippen molar-refractivity contribution in [1.82, 2.24) is 82.7 Å². The smallest absolute Gasteiger partial charge is 0.495 e. The van der Waals surface area contributed by atoms with Crippen LogP contribution in [0.2, 0.25) is 0 Å². The third-order valence-electron chi connectivity index (χ3n) is 17.6. The van der Waals surface area contributed by atoms with Crippen LogP contribution in [0, 0.1) is 18.7 Å². The fourth-order valence-corrected chi connectivity index (χ4v) is 12.7. The number of unbranched alkanes of at least 4 members (excludes halogenated alkanes) is 2. The van der Waals surface area contributed by atoms with Crippen molar-refractivity contribution in [2.24, 2.45) is 9.98 Å². The Morgan fingerprint density at radius 3 is 1.33 bits per heavy atom. The van der Waals surface area contributed by atoms with E-state index in [2.05, 4.69) is 130 Å². The van der Waals surface area contributed by atoms with Crippen molar-refractivity contribution in [3.05, 3.63) is 320 Å². The van der Waals surface area contributed by atoms with E-state index in [0.29, 0.717) is 30.1 Å². The SMILES string of the molecule is CCCC1=NC(n2[c-]nnc2-c2ccccc2)=NC1(c1ccccc1)c1ccccc1.CCCCCc1nc(-n2[c-]cnc2-c2ccccc2)nn1-c1ccccc1.CCCc1nc(-n2[c-]cnc2-c2ccccc2)nn1-c1ccccc1.CCCc1nc(-n2nc(C(F)(F)F)cc2[O][AlH])cn1-c1ccccc1.[Ir].[Ir].[Ir]. The largest absolute Gasteiger partial charge is 0.636 e. The molecule has 7 aromatic heterocycles. The summed E-state index contributed by atoms with van der Waals surface area (Å²) in [5, 5.41) is 21.5. The van der Waals surface area contributed by atoms with Gasteiger partial charge in [-0.3, -0.25) is 20.0 Å². The molecule has 8 heterocycles. The van der Waals surface area contributed by atoms with Gasteiger partial charge in [0.2, 0.25) is 0 Å². The first-order valence-corrected chi connectivity index (χ1v) is 36.5. The number of hydrogen-bond donors (Lipinski definition) is 0. The zero-order valence-corrected chi connectivity index (χ0v) is 69.8. The minimum absolute atomic E-state index is 0. The number of nitrogens with zero attached hydrogens (tertiary/aromatic N) is 19. The molecular weight excluding hydrogens is 1950 g/mol. The molecule has 0 aliphatic carbocycles. The molecule has 0 unspecified atom stereocenters. The van der Waals surface area contributed by atoms with Gasteiger partial charge < -0.3 is 32.0 Å². The summed E-state index contributed by atoms with van der Waals surface area (Å²) in [4.78, 5) is 33.2. The molecular formula is C84H77AlF3Ir3N19O-3. The summed E-state index contributed by atoms with van der Waals surface area (Å²) < 4.78 is 56.1. The molecule has 0 fully saturated rings. The van der Waals surface area contributed by atoms with Gasteiger partial charge in [0.25, 0.3) is 0 Å². The number of para-hydroxylation sites is 3. The second-order valence-electron chi connectivity index (χ2n) is 25.1. The van der Waals surface area contributed by atoms with Crippen LogP contribution in [0.1, 0.15) is 107 Å². The second-order valence-corrected chi connectivity index (χ2v) is 25.4. The van der Waals surface area contributed by atoms with Crippen molar-refractivity contribution in [2.75, 3.05) is 0 Å². The van der Waals surface area contributed by atoms with E-state index in [-0.39, 0.29) is 72.0 Å². The monoisotopic (exact) mass is 2030 g/mol. The number of aliphatic imine (C=N–C) groups is 2. The van der Waals surface area contributed by atoms with Gasteiger partial charge in [0.15, 0.2) is 17.4 Å². The van der Waals surface area contributed by atoms with Gasteiger partial charge in [-0.15, -0.1) is 0 Å². The third kappa shape index (κ3) is 19.4. The number of aromatic nitrogens is 17. The van der Waals surface area contributed by atoms with Gasteiger partial charge in [-0.05, 0) is 102 Å². The van der Waals surface area contributed by atoms with E-state index >= 15 is 0 Å². The molecule has 111 heavy (non-hydrogen) atoms. The molecule has 0 bridgehead atoms. The van der Waals surface area contributed by atoms with Crippen LogP contribution in [-0.4, -0.2) is 111 Å². The molecule has 15 aromatic rings. The molecule has 1 aliphatic heterocycles. The standard InChI is InChI=1S/C26H22N5.C22H22N5.C20H18N5.C16H15F3N4O.Al.3Ir.H/c1-2-12-23-26(21-15-8-4-9-16-21,22-17-10-5-11-18-22)29-25(28-23)31-19-27-30-24(31)20-13-6-3-7-14-20;1-2-3-6-15-20-24-22(25-27(20)19-13-9-5-10-14-19)26-17-16-23-21(26)18-11-7-4-8-12-18;1-2-9-18-22-20(23-25(18)17-12-7-4-8-13-17)24-15-14-21-19(24)16-10-5-3-6-11-16;1-2-6-13-20-14(10-22(13)11-7-4-3-5-8-11)23-15(24)9-12(21-23)16(17,18)19;;;;;/h3-11,13-18H,2,12H2,1H3;4-5,7-14,16H,2-3,6,15H2,1H3;3-8,10-14H,2,9H2,1H3;3-5,7-10,24H,2,6H2,1H3;;;;;/q3*-1;;+1;;;;/p-1. The average molecular weight is 2030 g/mol. The second kappa shape index (κ2) is 39.9. The van der Waals surface area contributed by atoms with Gasteiger partial charge >= 0.3 is 22.8 Å². The van der Waals surface area contributed by atoms with E-state index in [1.165, 1.54) is 12.8 Å². The molecule has 0 spiro atoms. The predicted octanol–water partition coefficient (Wildman–Crippen LogP) is 16.9. The number of hydrogen-bond acceptors (Lipinski definition) is 13. The van der Waals surface area contributed by atoms with Crippen LogP contribution in [-0.2, 0) is 91.3 Å². The van der Waals surface area contributed by atoms with Crippen molar-refractivity contribution < 1.29 is 77.3 Å². The van der Waals surface area contributed by atoms with E-state index in [1.807, 2.05) is 212 Å². The average Bonchev–Trinajstić information content (AvgIpc) is 1.59. The summed E-state index contributed by atoms with van der Waals surface area (Å²) in [6.07, 6.45) is 19.2. The van der Waals surface area contributed by atoms with Crippen LogP contribution in [0.25, 0.3) is 68.9 Å². The molecule has 27 heteroatoms. The van der Waals surface area contributed by atoms with Gasteiger partial charge in [-0.25, -0.2) is 24.5 Å². The Hall–Kier alpha value is -10.6. The number of aryl methyl sites for hydroxylation is 3. The molecule has 4 radical (unpaired) electrons. The Morgan fingerprint density at radius 2 is 0.883 bits per heavy atom. The maximum absolute atomic E-state index is 12.9. The van der Waals surface area contributed by atoms with E-state index < -0.39 is 17.4 Å². The van der Waals surface area contributed by atoms with E-state index in [9.17, 15) is 13.2 Å². The molecule has 20 nitrogen and oxygen atoms in total. The van der Waals surface area contributed by atoms with Gasteiger partial charge in [0.05, 0.1) is 23.4 Å². The fourth-order valence-electron chi connectivity index (χ4n) is 12.5. The number of rotatable bonds is 22. The Labute approximate surface area is 691 Å². The quantitative estimate of drug-likeness (QED) is 0.0355. The van der Waals surface area contributed by atoms with Gasteiger partial charge in [-0.2, -0.15) is 33.1 Å². The van der Waals surface area contributed by atoms with Gasteiger partial charge in [-0.1, -0.05) is 266 Å². The molecule has 0 atom stereocenters. The van der Waals surface area contributed by atoms with Crippen molar-refractivity contribution in [3.8, 4) is 74.8 Å². The van der Waals surface area contributed by atoms with Crippen molar-refractivity contribution >= 4 is 28.3 Å². The molecule has 8 aromatic carbocycles. The number of halogens is 3. The zero-order valence-electron chi connectivity index (χ0n) is 61.2. The zero-order chi connectivity index (χ0) is 74.7. The van der Waals surface area contributed by atoms with Crippen molar-refractivity contribution in [1.29, 1.82) is 0 Å². The van der Waals surface area contributed by atoms with Gasteiger partial charge in [0, 0.05) is 115 Å². The maximum atomic E-state index is 12.9. The Morgan fingerprint density at radius 1 is 0.450 bits per heavy atom. The third-order valence-corrected chi connectivity index (χ3v) is 17.9. The molecule has 16 rings (SSSR count). The number of benzene rings is 8. The molecule has 568 valence electrons. The van der Waals surface area contributed by atoms with Crippen LogP contribution in [0.3, 0.4) is 0 Å². The number of imidazole rings is 3. The number of alkyl halides is 3. The van der Waals surface area contributed by atoms with Crippen LogP contribution in [0.4, 0.5) is 13.2 Å². The van der Waals surface area contributed by atoms with Crippen LogP contribution >= 0.6 is 0 Å². The Bertz CT molecular complexity index is 5350. The first kappa shape index (κ1) is 82.9. The Kier molecular flexibility index (Phi) is 29.8. The van der Waals surface area contributed by atoms with E-state index in [1.54, 1.807) is 23.2 Å². The fraction of sp³-hybridized carbons (Fsp3) is 0.190. The van der Waals surface area contributed by atoms with Crippen LogP contribution < -0.4 is 3.79 Å². The van der Waals surface area contributed by atoms with Crippen molar-refractivity contribution in [3.63, 3.8) is 0 Å². The minimum Gasteiger partial charge on any atom is -0.636 e. The predicted molar refractivity (Wildman–Crippen MR) is 413 cm³/mol. The maximum Gasteiger partial charge on any atom is 0.495 e. The van der Waals surface area contributed by atoms with Crippen LogP contribution in [0.5, 0.6) is 5.88 Å². The van der Waals surface area contributed by atoms with E-state index in [4.69, 9.17) is 33.9 Å². The summed E-state index contributed by atoms with van der Waals surface area (Å²) in [6.45, 7) is 8.53. The summed E-state index contributed by atoms with van der Waals surface area (Å²) in [5.41, 5.74) is 7.39. The topological polar surface area (TPSA) is 197 Å². The van der Waals surface area contributed by atoms with E-state index in [0.717, 1.165) is 152 Å². The molecule has 1 aliphatic rings. The first-order valence-electron chi connectivity index (χ1n) is 36.0. The normalized spacial score (nSPS) is 11.9. The molecule has 0 saturated heterocycles. The Balaban J connectivity index is 0.000000156. The minimum atomic E-state index is -4.55. The molecule has 0 amide bonds. The summed E-state index contributed by atoms with van der Waals surface area (Å²) >= 11 is 1.09. The summed E-state index contributed by atoms with van der Waals surface area (Å²) in [6, 6.07) is 81.4. The van der Waals surface area contributed by atoms with Crippen LogP contribution in [0.15, 0.2) is 277 Å². The summed E-state index contributed by atoms with van der Waals surface area (Å²) in [5.74, 6) is 6.92. The van der Waals surface area contributed by atoms with Gasteiger partial charge in [0.1, 0.15) is 40.9 Å². The molecule has 0 saturated carbocycles. The van der Waals surface area contributed by atoms with Crippen molar-refractivity contribution in [2.45, 2.75) is 104 Å². The summed E-state index contributed by atoms with van der Waals surface area (Å²) in [7, 11) is 0. The molecule has 0 N–H and O–H groups in total.